The normalized spacial score (nSPS) is 13.5. The van der Waals surface area contributed by atoms with Crippen LogP contribution in [-0.2, 0) is 0 Å². The van der Waals surface area contributed by atoms with E-state index in [0.717, 1.165) is 16.9 Å². The molecule has 3 heteroatoms. The quantitative estimate of drug-likeness (QED) is 0.827. The summed E-state index contributed by atoms with van der Waals surface area (Å²) in [5.41, 5.74) is 7.35. The van der Waals surface area contributed by atoms with E-state index in [9.17, 15) is 5.11 Å². The van der Waals surface area contributed by atoms with Crippen LogP contribution in [0.15, 0.2) is 18.2 Å². The molecular formula is C14H23NO2. The summed E-state index contributed by atoms with van der Waals surface area (Å²) < 4.78 is 5.72. The van der Waals surface area contributed by atoms with Crippen LogP contribution in [0.4, 0.5) is 0 Å². The van der Waals surface area contributed by atoms with Gasteiger partial charge in [-0.15, -0.1) is 0 Å². The predicted molar refractivity (Wildman–Crippen MR) is 70.2 cm³/mol. The fraction of sp³-hybridized carbons (Fsp3) is 0.571. The third kappa shape index (κ3) is 4.75. The summed E-state index contributed by atoms with van der Waals surface area (Å²) in [6, 6.07) is 5.97. The summed E-state index contributed by atoms with van der Waals surface area (Å²) in [6.45, 7) is 8.01. The van der Waals surface area contributed by atoms with E-state index in [-0.39, 0.29) is 6.04 Å². The fourth-order valence-corrected chi connectivity index (χ4v) is 1.55. The van der Waals surface area contributed by atoms with Gasteiger partial charge in [-0.1, -0.05) is 12.1 Å². The molecule has 1 aromatic rings. The van der Waals surface area contributed by atoms with Crippen molar-refractivity contribution in [3.05, 3.63) is 29.3 Å². The van der Waals surface area contributed by atoms with Gasteiger partial charge >= 0.3 is 0 Å². The van der Waals surface area contributed by atoms with Crippen molar-refractivity contribution in [3.63, 3.8) is 0 Å². The number of nitrogens with two attached hydrogens (primary N) is 1. The van der Waals surface area contributed by atoms with Crippen molar-refractivity contribution in [1.29, 1.82) is 0 Å². The molecule has 3 nitrogen and oxygen atoms in total. The van der Waals surface area contributed by atoms with E-state index in [1.54, 1.807) is 13.8 Å². The van der Waals surface area contributed by atoms with Crippen LogP contribution < -0.4 is 10.5 Å². The van der Waals surface area contributed by atoms with Crippen LogP contribution >= 0.6 is 0 Å². The fourth-order valence-electron chi connectivity index (χ4n) is 1.55. The summed E-state index contributed by atoms with van der Waals surface area (Å²) >= 11 is 0. The molecular weight excluding hydrogens is 214 g/mol. The lowest BCUT2D eigenvalue weighted by Crippen LogP contribution is -2.22. The van der Waals surface area contributed by atoms with Gasteiger partial charge in [-0.3, -0.25) is 0 Å². The Morgan fingerprint density at radius 2 is 2.06 bits per heavy atom. The molecule has 0 spiro atoms. The average molecular weight is 237 g/mol. The summed E-state index contributed by atoms with van der Waals surface area (Å²) in [6.07, 6.45) is 0.597. The minimum Gasteiger partial charge on any atom is -0.493 e. The molecule has 0 bridgehead atoms. The molecule has 0 saturated heterocycles. The zero-order chi connectivity index (χ0) is 13.1. The van der Waals surface area contributed by atoms with Gasteiger partial charge in [0.25, 0.3) is 0 Å². The minimum absolute atomic E-state index is 0.0484. The minimum atomic E-state index is -0.696. The van der Waals surface area contributed by atoms with E-state index < -0.39 is 5.60 Å². The van der Waals surface area contributed by atoms with E-state index in [2.05, 4.69) is 0 Å². The van der Waals surface area contributed by atoms with Gasteiger partial charge < -0.3 is 15.6 Å². The number of rotatable bonds is 5. The van der Waals surface area contributed by atoms with Gasteiger partial charge in [0.15, 0.2) is 0 Å². The maximum atomic E-state index is 9.62. The number of hydrogen-bond acceptors (Lipinski definition) is 3. The Hall–Kier alpha value is -1.06. The molecule has 17 heavy (non-hydrogen) atoms. The zero-order valence-electron chi connectivity index (χ0n) is 11.2. The number of aliphatic hydroxyl groups is 1. The highest BCUT2D eigenvalue weighted by molar-refractivity contribution is 5.38. The van der Waals surface area contributed by atoms with Crippen molar-refractivity contribution in [2.24, 2.45) is 5.73 Å². The first-order valence-corrected chi connectivity index (χ1v) is 6.01. The van der Waals surface area contributed by atoms with Crippen LogP contribution in [0.2, 0.25) is 0 Å². The zero-order valence-corrected chi connectivity index (χ0v) is 11.2. The van der Waals surface area contributed by atoms with E-state index in [1.807, 2.05) is 32.0 Å². The van der Waals surface area contributed by atoms with Crippen LogP contribution in [0, 0.1) is 6.92 Å². The first-order chi connectivity index (χ1) is 7.79. The van der Waals surface area contributed by atoms with Crippen LogP contribution in [0.3, 0.4) is 0 Å². The largest absolute Gasteiger partial charge is 0.493 e. The highest BCUT2D eigenvalue weighted by Gasteiger charge is 2.14. The molecule has 0 aromatic heterocycles. The Balaban J connectivity index is 2.72. The van der Waals surface area contributed by atoms with Crippen LogP contribution in [-0.4, -0.2) is 17.3 Å². The second kappa shape index (κ2) is 5.52. The van der Waals surface area contributed by atoms with E-state index >= 15 is 0 Å². The lowest BCUT2D eigenvalue weighted by atomic mass is 10.1. The molecule has 0 unspecified atom stereocenters. The summed E-state index contributed by atoms with van der Waals surface area (Å²) in [5, 5.41) is 9.62. The lowest BCUT2D eigenvalue weighted by molar-refractivity contribution is 0.0551. The smallest absolute Gasteiger partial charge is 0.124 e. The Morgan fingerprint density at radius 3 is 2.59 bits per heavy atom. The van der Waals surface area contributed by atoms with E-state index in [0.29, 0.717) is 13.0 Å². The van der Waals surface area contributed by atoms with Gasteiger partial charge in [-0.05, 0) is 39.3 Å². The first-order valence-electron chi connectivity index (χ1n) is 6.01. The van der Waals surface area contributed by atoms with E-state index in [1.165, 1.54) is 0 Å². The van der Waals surface area contributed by atoms with Gasteiger partial charge in [-0.2, -0.15) is 0 Å². The molecule has 0 aliphatic carbocycles. The first kappa shape index (κ1) is 14.0. The summed E-state index contributed by atoms with van der Waals surface area (Å²) in [4.78, 5) is 0. The molecule has 1 aromatic carbocycles. The molecule has 0 saturated carbocycles. The topological polar surface area (TPSA) is 55.5 Å². The third-order valence-electron chi connectivity index (χ3n) is 2.63. The third-order valence-corrected chi connectivity index (χ3v) is 2.63. The monoisotopic (exact) mass is 237 g/mol. The molecule has 0 aliphatic rings. The molecule has 96 valence electrons. The SMILES string of the molecule is Cc1ccc([C@@H](C)N)c(OCCC(C)(C)O)c1. The van der Waals surface area contributed by atoms with Crippen molar-refractivity contribution >= 4 is 0 Å². The van der Waals surface area contributed by atoms with Crippen molar-refractivity contribution in [3.8, 4) is 5.75 Å². The number of benzene rings is 1. The molecule has 0 heterocycles. The predicted octanol–water partition coefficient (Wildman–Crippen LogP) is 2.55. The molecule has 0 radical (unpaired) electrons. The average Bonchev–Trinajstić information content (AvgIpc) is 2.15. The summed E-state index contributed by atoms with van der Waals surface area (Å²) in [7, 11) is 0. The van der Waals surface area contributed by atoms with Gasteiger partial charge in [0.2, 0.25) is 0 Å². The molecule has 1 rings (SSSR count). The van der Waals surface area contributed by atoms with Gasteiger partial charge in [0.1, 0.15) is 5.75 Å². The van der Waals surface area contributed by atoms with Crippen molar-refractivity contribution < 1.29 is 9.84 Å². The highest BCUT2D eigenvalue weighted by Crippen LogP contribution is 2.25. The summed E-state index contributed by atoms with van der Waals surface area (Å²) in [5.74, 6) is 0.823. The maximum Gasteiger partial charge on any atom is 0.124 e. The standard InChI is InChI=1S/C14H23NO2/c1-10-5-6-12(11(2)15)13(9-10)17-8-7-14(3,4)16/h5-6,9,11,16H,7-8,15H2,1-4H3/t11-/m1/s1. The van der Waals surface area contributed by atoms with Gasteiger partial charge in [-0.25, -0.2) is 0 Å². The van der Waals surface area contributed by atoms with Crippen LogP contribution in [0.1, 0.15) is 44.4 Å². The van der Waals surface area contributed by atoms with Gasteiger partial charge in [0, 0.05) is 18.0 Å². The van der Waals surface area contributed by atoms with Crippen molar-refractivity contribution in [2.45, 2.75) is 45.8 Å². The second-order valence-corrected chi connectivity index (χ2v) is 5.24. The Morgan fingerprint density at radius 1 is 1.41 bits per heavy atom. The Bertz CT molecular complexity index is 367. The molecule has 0 aliphatic heterocycles. The number of hydrogen-bond donors (Lipinski definition) is 2. The highest BCUT2D eigenvalue weighted by atomic mass is 16.5. The van der Waals surface area contributed by atoms with E-state index in [4.69, 9.17) is 10.5 Å². The number of aryl methyl sites for hydroxylation is 1. The Labute approximate surface area is 104 Å². The molecule has 3 N–H and O–H groups in total. The van der Waals surface area contributed by atoms with Crippen molar-refractivity contribution in [1.82, 2.24) is 0 Å². The number of ether oxygens (including phenoxy) is 1. The Kier molecular flexibility index (Phi) is 4.54. The molecule has 0 amide bonds. The molecule has 0 fully saturated rings. The second-order valence-electron chi connectivity index (χ2n) is 5.24. The maximum absolute atomic E-state index is 9.62. The van der Waals surface area contributed by atoms with Crippen LogP contribution in [0.25, 0.3) is 0 Å². The van der Waals surface area contributed by atoms with Crippen molar-refractivity contribution in [2.75, 3.05) is 6.61 Å². The molecule has 1 atom stereocenters. The van der Waals surface area contributed by atoms with Gasteiger partial charge in [0.05, 0.1) is 12.2 Å². The lowest BCUT2D eigenvalue weighted by Gasteiger charge is -2.19. The van der Waals surface area contributed by atoms with Crippen LogP contribution in [0.5, 0.6) is 5.75 Å².